The fraction of sp³-hybridized carbons (Fsp3) is 0.429. The first-order chi connectivity index (χ1) is 8.83. The van der Waals surface area contributed by atoms with Crippen molar-refractivity contribution in [3.8, 4) is 6.01 Å². The lowest BCUT2D eigenvalue weighted by molar-refractivity contribution is 0.188. The Bertz CT molecular complexity index is 543. The summed E-state index contributed by atoms with van der Waals surface area (Å²) < 4.78 is 5.70. The molecule has 0 aliphatic carbocycles. The van der Waals surface area contributed by atoms with Gasteiger partial charge in [-0.2, -0.15) is 4.98 Å². The molecule has 2 heterocycles. The Hall–Kier alpha value is -1.68. The number of fused-ring (bicyclic) bond motifs is 1. The molecule has 0 spiro atoms. The Morgan fingerprint density at radius 1 is 1.39 bits per heavy atom. The van der Waals surface area contributed by atoms with E-state index >= 15 is 0 Å². The van der Waals surface area contributed by atoms with Crippen LogP contribution in [0.25, 0.3) is 10.9 Å². The number of rotatable bonds is 3. The second-order valence-corrected chi connectivity index (χ2v) is 4.80. The smallest absolute Gasteiger partial charge is 0.316 e. The Morgan fingerprint density at radius 2 is 2.28 bits per heavy atom. The van der Waals surface area contributed by atoms with Crippen molar-refractivity contribution in [1.82, 2.24) is 14.9 Å². The highest BCUT2D eigenvalue weighted by molar-refractivity contribution is 5.77. The number of likely N-dealkylation sites (tertiary alicyclic amines) is 1. The standard InChI is InChI=1S/C14H17N3O/c1-17-8-4-6-12(17)10-18-14-15-9-11-5-2-3-7-13(11)16-14/h2-3,5,7,9,12H,4,6,8,10H2,1H3/t12-/m0/s1. The van der Waals surface area contributed by atoms with Gasteiger partial charge in [0.25, 0.3) is 0 Å². The second kappa shape index (κ2) is 4.90. The predicted molar refractivity (Wildman–Crippen MR) is 70.7 cm³/mol. The molecule has 1 aliphatic rings. The summed E-state index contributed by atoms with van der Waals surface area (Å²) in [5, 5.41) is 1.04. The summed E-state index contributed by atoms with van der Waals surface area (Å²) in [6, 6.07) is 8.92. The van der Waals surface area contributed by atoms with Gasteiger partial charge in [0.15, 0.2) is 0 Å². The lowest BCUT2D eigenvalue weighted by Crippen LogP contribution is -2.30. The van der Waals surface area contributed by atoms with Gasteiger partial charge in [-0.05, 0) is 32.5 Å². The van der Waals surface area contributed by atoms with Crippen LogP contribution in [0.4, 0.5) is 0 Å². The summed E-state index contributed by atoms with van der Waals surface area (Å²) >= 11 is 0. The van der Waals surface area contributed by atoms with E-state index in [1.807, 2.05) is 30.5 Å². The van der Waals surface area contributed by atoms with Gasteiger partial charge in [-0.1, -0.05) is 18.2 Å². The van der Waals surface area contributed by atoms with Gasteiger partial charge < -0.3 is 9.64 Å². The van der Waals surface area contributed by atoms with Crippen molar-refractivity contribution in [1.29, 1.82) is 0 Å². The predicted octanol–water partition coefficient (Wildman–Crippen LogP) is 2.10. The van der Waals surface area contributed by atoms with Crippen LogP contribution in [0.1, 0.15) is 12.8 Å². The van der Waals surface area contributed by atoms with Crippen LogP contribution in [0.2, 0.25) is 0 Å². The number of nitrogens with zero attached hydrogens (tertiary/aromatic N) is 3. The van der Waals surface area contributed by atoms with Crippen LogP contribution in [0.15, 0.2) is 30.5 Å². The van der Waals surface area contributed by atoms with Gasteiger partial charge in [-0.15, -0.1) is 0 Å². The molecule has 0 bridgehead atoms. The van der Waals surface area contributed by atoms with E-state index in [4.69, 9.17) is 4.74 Å². The summed E-state index contributed by atoms with van der Waals surface area (Å²) in [4.78, 5) is 11.0. The van der Waals surface area contributed by atoms with E-state index in [-0.39, 0.29) is 0 Å². The monoisotopic (exact) mass is 243 g/mol. The van der Waals surface area contributed by atoms with E-state index in [0.717, 1.165) is 17.4 Å². The lowest BCUT2D eigenvalue weighted by atomic mass is 10.2. The molecule has 18 heavy (non-hydrogen) atoms. The van der Waals surface area contributed by atoms with Gasteiger partial charge in [0, 0.05) is 17.6 Å². The van der Waals surface area contributed by atoms with E-state index in [9.17, 15) is 0 Å². The number of ether oxygens (including phenoxy) is 1. The number of aromatic nitrogens is 2. The molecular formula is C14H17N3O. The molecule has 1 aromatic carbocycles. The van der Waals surface area contributed by atoms with E-state index in [0.29, 0.717) is 18.7 Å². The van der Waals surface area contributed by atoms with Crippen LogP contribution < -0.4 is 4.74 Å². The number of likely N-dealkylation sites (N-methyl/N-ethyl adjacent to an activating group) is 1. The molecule has 0 N–H and O–H groups in total. The number of para-hydroxylation sites is 1. The van der Waals surface area contributed by atoms with Crippen molar-refractivity contribution < 1.29 is 4.74 Å². The molecule has 0 radical (unpaired) electrons. The summed E-state index contributed by atoms with van der Waals surface area (Å²) in [7, 11) is 2.14. The average Bonchev–Trinajstić information content (AvgIpc) is 2.82. The van der Waals surface area contributed by atoms with Crippen molar-refractivity contribution in [2.75, 3.05) is 20.2 Å². The first-order valence-electron chi connectivity index (χ1n) is 6.38. The molecule has 0 unspecified atom stereocenters. The highest BCUT2D eigenvalue weighted by Gasteiger charge is 2.21. The molecule has 0 amide bonds. The molecule has 1 aliphatic heterocycles. The summed E-state index contributed by atoms with van der Waals surface area (Å²) in [5.74, 6) is 0. The molecule has 94 valence electrons. The van der Waals surface area contributed by atoms with Crippen LogP contribution in [0.3, 0.4) is 0 Å². The Labute approximate surface area is 107 Å². The summed E-state index contributed by atoms with van der Waals surface area (Å²) in [6.45, 7) is 1.83. The van der Waals surface area contributed by atoms with Crippen molar-refractivity contribution in [3.05, 3.63) is 30.5 Å². The quantitative estimate of drug-likeness (QED) is 0.827. The molecule has 4 nitrogen and oxygen atoms in total. The normalized spacial score (nSPS) is 20.4. The minimum Gasteiger partial charge on any atom is -0.462 e. The Balaban J connectivity index is 1.71. The third kappa shape index (κ3) is 2.29. The minimum atomic E-state index is 0.481. The summed E-state index contributed by atoms with van der Waals surface area (Å²) in [5.41, 5.74) is 0.933. The van der Waals surface area contributed by atoms with Gasteiger partial charge in [0.05, 0.1) is 5.52 Å². The molecule has 3 rings (SSSR count). The third-order valence-electron chi connectivity index (χ3n) is 3.54. The molecule has 1 aromatic heterocycles. The average molecular weight is 243 g/mol. The van der Waals surface area contributed by atoms with Crippen molar-refractivity contribution in [2.45, 2.75) is 18.9 Å². The highest BCUT2D eigenvalue weighted by Crippen LogP contribution is 2.17. The molecule has 1 saturated heterocycles. The summed E-state index contributed by atoms with van der Waals surface area (Å²) in [6.07, 6.45) is 4.27. The first-order valence-corrected chi connectivity index (χ1v) is 6.38. The highest BCUT2D eigenvalue weighted by atomic mass is 16.5. The molecule has 1 fully saturated rings. The van der Waals surface area contributed by atoms with Crippen LogP contribution in [-0.4, -0.2) is 41.1 Å². The molecule has 2 aromatic rings. The third-order valence-corrected chi connectivity index (χ3v) is 3.54. The maximum atomic E-state index is 5.70. The molecular weight excluding hydrogens is 226 g/mol. The zero-order chi connectivity index (χ0) is 12.4. The van der Waals surface area contributed by atoms with Gasteiger partial charge in [-0.3, -0.25) is 0 Å². The van der Waals surface area contributed by atoms with Crippen LogP contribution >= 0.6 is 0 Å². The van der Waals surface area contributed by atoms with Gasteiger partial charge in [0.1, 0.15) is 6.61 Å². The van der Waals surface area contributed by atoms with Crippen molar-refractivity contribution >= 4 is 10.9 Å². The van der Waals surface area contributed by atoms with E-state index < -0.39 is 0 Å². The van der Waals surface area contributed by atoms with E-state index in [1.54, 1.807) is 0 Å². The number of hydrogen-bond donors (Lipinski definition) is 0. The lowest BCUT2D eigenvalue weighted by Gasteiger charge is -2.18. The topological polar surface area (TPSA) is 38.2 Å². The van der Waals surface area contributed by atoms with Crippen LogP contribution in [0.5, 0.6) is 6.01 Å². The maximum absolute atomic E-state index is 5.70. The first kappa shape index (κ1) is 11.4. The fourth-order valence-electron chi connectivity index (χ4n) is 2.39. The van der Waals surface area contributed by atoms with Crippen molar-refractivity contribution in [3.63, 3.8) is 0 Å². The zero-order valence-corrected chi connectivity index (χ0v) is 10.5. The van der Waals surface area contributed by atoms with Gasteiger partial charge in [0.2, 0.25) is 0 Å². The molecule has 1 atom stereocenters. The van der Waals surface area contributed by atoms with E-state index in [2.05, 4.69) is 21.9 Å². The van der Waals surface area contributed by atoms with Crippen LogP contribution in [0, 0.1) is 0 Å². The number of benzene rings is 1. The molecule has 4 heteroatoms. The Morgan fingerprint density at radius 3 is 3.11 bits per heavy atom. The van der Waals surface area contributed by atoms with Gasteiger partial charge in [-0.25, -0.2) is 4.98 Å². The maximum Gasteiger partial charge on any atom is 0.316 e. The Kier molecular flexibility index (Phi) is 3.11. The van der Waals surface area contributed by atoms with E-state index in [1.165, 1.54) is 12.8 Å². The number of hydrogen-bond acceptors (Lipinski definition) is 4. The SMILES string of the molecule is CN1CCC[C@H]1COc1ncc2ccccc2n1. The minimum absolute atomic E-state index is 0.481. The largest absolute Gasteiger partial charge is 0.462 e. The van der Waals surface area contributed by atoms with Crippen molar-refractivity contribution in [2.24, 2.45) is 0 Å². The molecule has 0 saturated carbocycles. The zero-order valence-electron chi connectivity index (χ0n) is 10.5. The van der Waals surface area contributed by atoms with Gasteiger partial charge >= 0.3 is 6.01 Å². The van der Waals surface area contributed by atoms with Crippen LogP contribution in [-0.2, 0) is 0 Å². The second-order valence-electron chi connectivity index (χ2n) is 4.80. The fourth-order valence-corrected chi connectivity index (χ4v) is 2.39.